The minimum Gasteiger partial charge on any atom is -0.454 e. The predicted molar refractivity (Wildman–Crippen MR) is 68.0 cm³/mol. The number of carbonyl (C=O) groups is 2. The average Bonchev–Trinajstić information content (AvgIpc) is 2.77. The highest BCUT2D eigenvalue weighted by molar-refractivity contribution is 5.95. The van der Waals surface area contributed by atoms with E-state index in [1.54, 1.807) is 6.08 Å². The van der Waals surface area contributed by atoms with Gasteiger partial charge in [0.2, 0.25) is 0 Å². The third-order valence-electron chi connectivity index (χ3n) is 2.99. The molecule has 0 radical (unpaired) electrons. The first-order valence-electron chi connectivity index (χ1n) is 5.73. The maximum absolute atomic E-state index is 11.5. The van der Waals surface area contributed by atoms with E-state index in [4.69, 9.17) is 4.74 Å². The summed E-state index contributed by atoms with van der Waals surface area (Å²) in [4.78, 5) is 22.7. The van der Waals surface area contributed by atoms with E-state index in [2.05, 4.69) is 6.58 Å². The van der Waals surface area contributed by atoms with Gasteiger partial charge in [0.05, 0.1) is 5.92 Å². The number of hydrogen-bond donors (Lipinski definition) is 0. The van der Waals surface area contributed by atoms with E-state index in [1.165, 1.54) is 13.0 Å². The summed E-state index contributed by atoms with van der Waals surface area (Å²) in [6.07, 6.45) is 2.61. The number of cyclic esters (lactones) is 1. The molecule has 0 spiro atoms. The van der Waals surface area contributed by atoms with Gasteiger partial charge in [-0.25, -0.2) is 4.79 Å². The second-order valence-corrected chi connectivity index (χ2v) is 4.23. The van der Waals surface area contributed by atoms with Crippen LogP contribution in [0.4, 0.5) is 0 Å². The SMILES string of the molecule is C=C(C(C)=O)[C@@H](c1ccccc1)[C@@H]1C=CC(=O)O1. The Balaban J connectivity index is 2.35. The molecule has 0 amide bonds. The quantitative estimate of drug-likeness (QED) is 0.601. The van der Waals surface area contributed by atoms with E-state index in [0.717, 1.165) is 5.56 Å². The van der Waals surface area contributed by atoms with E-state index >= 15 is 0 Å². The molecule has 1 aliphatic heterocycles. The number of esters is 1. The number of ether oxygens (including phenoxy) is 1. The summed E-state index contributed by atoms with van der Waals surface area (Å²) < 4.78 is 5.19. The zero-order chi connectivity index (χ0) is 13.1. The Morgan fingerprint density at radius 1 is 1.33 bits per heavy atom. The molecule has 1 aromatic rings. The molecule has 0 aliphatic carbocycles. The van der Waals surface area contributed by atoms with Crippen molar-refractivity contribution < 1.29 is 14.3 Å². The molecule has 0 saturated carbocycles. The fraction of sp³-hybridized carbons (Fsp3) is 0.200. The van der Waals surface area contributed by atoms with Crippen molar-refractivity contribution in [3.05, 3.63) is 60.2 Å². The van der Waals surface area contributed by atoms with E-state index in [0.29, 0.717) is 5.57 Å². The van der Waals surface area contributed by atoms with Crippen molar-refractivity contribution in [1.29, 1.82) is 0 Å². The van der Waals surface area contributed by atoms with Crippen LogP contribution in [0, 0.1) is 0 Å². The molecular formula is C15H14O3. The lowest BCUT2D eigenvalue weighted by Crippen LogP contribution is -2.23. The van der Waals surface area contributed by atoms with Gasteiger partial charge in [-0.3, -0.25) is 4.79 Å². The smallest absolute Gasteiger partial charge is 0.331 e. The second kappa shape index (κ2) is 5.00. The first-order valence-corrected chi connectivity index (χ1v) is 5.73. The molecule has 0 unspecified atom stereocenters. The Kier molecular flexibility index (Phi) is 3.42. The Morgan fingerprint density at radius 3 is 2.50 bits per heavy atom. The van der Waals surface area contributed by atoms with Crippen molar-refractivity contribution >= 4 is 11.8 Å². The highest BCUT2D eigenvalue weighted by atomic mass is 16.5. The molecule has 0 fully saturated rings. The minimum atomic E-state index is -0.448. The lowest BCUT2D eigenvalue weighted by atomic mass is 9.85. The summed E-state index contributed by atoms with van der Waals surface area (Å²) in [6.45, 7) is 5.30. The largest absolute Gasteiger partial charge is 0.454 e. The maximum Gasteiger partial charge on any atom is 0.331 e. The number of hydrogen-bond acceptors (Lipinski definition) is 3. The van der Waals surface area contributed by atoms with E-state index in [-0.39, 0.29) is 17.7 Å². The fourth-order valence-corrected chi connectivity index (χ4v) is 2.03. The van der Waals surface area contributed by atoms with Crippen LogP contribution in [0.15, 0.2) is 54.6 Å². The zero-order valence-electron chi connectivity index (χ0n) is 10.1. The highest BCUT2D eigenvalue weighted by Crippen LogP contribution is 2.32. The summed E-state index contributed by atoms with van der Waals surface area (Å²) in [7, 11) is 0. The molecule has 1 heterocycles. The molecule has 3 heteroatoms. The first kappa shape index (κ1) is 12.3. The van der Waals surface area contributed by atoms with Crippen molar-refractivity contribution in [2.24, 2.45) is 0 Å². The molecule has 3 nitrogen and oxygen atoms in total. The Hall–Kier alpha value is -2.16. The molecule has 0 bridgehead atoms. The summed E-state index contributed by atoms with van der Waals surface area (Å²) in [5.74, 6) is -0.788. The fourth-order valence-electron chi connectivity index (χ4n) is 2.03. The van der Waals surface area contributed by atoms with Crippen molar-refractivity contribution in [3.8, 4) is 0 Å². The van der Waals surface area contributed by atoms with Crippen LogP contribution in [0.3, 0.4) is 0 Å². The number of carbonyl (C=O) groups excluding carboxylic acids is 2. The van der Waals surface area contributed by atoms with Crippen LogP contribution >= 0.6 is 0 Å². The number of ketones is 1. The third-order valence-corrected chi connectivity index (χ3v) is 2.99. The molecule has 0 saturated heterocycles. The number of Topliss-reactive ketones (excluding diaryl/α,β-unsaturated/α-hetero) is 1. The summed E-state index contributed by atoms with van der Waals surface area (Å²) in [6, 6.07) is 9.47. The van der Waals surface area contributed by atoms with Gasteiger partial charge in [-0.05, 0) is 24.1 Å². The zero-order valence-corrected chi connectivity index (χ0v) is 10.1. The molecule has 2 atom stereocenters. The summed E-state index contributed by atoms with van der Waals surface area (Å²) in [5.41, 5.74) is 1.37. The third kappa shape index (κ3) is 2.40. The van der Waals surface area contributed by atoms with Crippen LogP contribution in [0.1, 0.15) is 18.4 Å². The van der Waals surface area contributed by atoms with Crippen LogP contribution in [0.25, 0.3) is 0 Å². The van der Waals surface area contributed by atoms with Gasteiger partial charge in [0.25, 0.3) is 0 Å². The van der Waals surface area contributed by atoms with Gasteiger partial charge in [0.1, 0.15) is 6.10 Å². The molecule has 1 aromatic carbocycles. The second-order valence-electron chi connectivity index (χ2n) is 4.23. The number of benzene rings is 1. The molecule has 92 valence electrons. The van der Waals surface area contributed by atoms with Gasteiger partial charge < -0.3 is 4.74 Å². The Labute approximate surface area is 106 Å². The monoisotopic (exact) mass is 242 g/mol. The van der Waals surface area contributed by atoms with Gasteiger partial charge in [-0.2, -0.15) is 0 Å². The van der Waals surface area contributed by atoms with Gasteiger partial charge in [-0.1, -0.05) is 36.9 Å². The van der Waals surface area contributed by atoms with Gasteiger partial charge in [0.15, 0.2) is 5.78 Å². The van der Waals surface area contributed by atoms with Crippen LogP contribution in [-0.2, 0) is 14.3 Å². The summed E-state index contributed by atoms with van der Waals surface area (Å²) in [5, 5.41) is 0. The first-order chi connectivity index (χ1) is 8.59. The molecule has 0 aromatic heterocycles. The number of rotatable bonds is 4. The minimum absolute atomic E-state index is 0.0970. The molecule has 1 aliphatic rings. The predicted octanol–water partition coefficient (Wildman–Crippen LogP) is 2.40. The van der Waals surface area contributed by atoms with Crippen LogP contribution < -0.4 is 0 Å². The van der Waals surface area contributed by atoms with Gasteiger partial charge >= 0.3 is 5.97 Å². The van der Waals surface area contributed by atoms with Gasteiger partial charge in [0, 0.05) is 6.08 Å². The normalized spacial score (nSPS) is 19.4. The van der Waals surface area contributed by atoms with E-state index in [9.17, 15) is 9.59 Å². The van der Waals surface area contributed by atoms with Gasteiger partial charge in [-0.15, -0.1) is 0 Å². The molecular weight excluding hydrogens is 228 g/mol. The summed E-state index contributed by atoms with van der Waals surface area (Å²) >= 11 is 0. The Morgan fingerprint density at radius 2 is 2.00 bits per heavy atom. The van der Waals surface area contributed by atoms with E-state index < -0.39 is 6.10 Å². The topological polar surface area (TPSA) is 43.4 Å². The van der Waals surface area contributed by atoms with Crippen LogP contribution in [0.2, 0.25) is 0 Å². The van der Waals surface area contributed by atoms with Crippen molar-refractivity contribution in [1.82, 2.24) is 0 Å². The Bertz CT molecular complexity index is 514. The van der Waals surface area contributed by atoms with Crippen LogP contribution in [0.5, 0.6) is 0 Å². The van der Waals surface area contributed by atoms with Crippen molar-refractivity contribution in [2.75, 3.05) is 0 Å². The standard InChI is InChI=1S/C15H14O3/c1-10(11(2)16)15(12-6-4-3-5-7-12)13-8-9-14(17)18-13/h3-9,13,15H,1H2,2H3/t13-,15-/m0/s1. The van der Waals surface area contributed by atoms with Crippen molar-refractivity contribution in [3.63, 3.8) is 0 Å². The molecule has 0 N–H and O–H groups in total. The van der Waals surface area contributed by atoms with Crippen molar-refractivity contribution in [2.45, 2.75) is 18.9 Å². The highest BCUT2D eigenvalue weighted by Gasteiger charge is 2.31. The van der Waals surface area contributed by atoms with E-state index in [1.807, 2.05) is 30.3 Å². The lowest BCUT2D eigenvalue weighted by molar-refractivity contribution is -0.139. The lowest BCUT2D eigenvalue weighted by Gasteiger charge is -2.23. The average molecular weight is 242 g/mol. The molecule has 18 heavy (non-hydrogen) atoms. The van der Waals surface area contributed by atoms with Crippen LogP contribution in [-0.4, -0.2) is 17.9 Å². The maximum atomic E-state index is 11.5. The molecule has 2 rings (SSSR count).